The number of para-hydroxylation sites is 1. The third-order valence-corrected chi connectivity index (χ3v) is 4.37. The van der Waals surface area contributed by atoms with Crippen molar-refractivity contribution in [2.45, 2.75) is 12.1 Å². The van der Waals surface area contributed by atoms with Gasteiger partial charge in [0.05, 0.1) is 24.2 Å². The summed E-state index contributed by atoms with van der Waals surface area (Å²) in [4.78, 5) is 42.4. The van der Waals surface area contributed by atoms with Crippen LogP contribution in [-0.2, 0) is 14.3 Å². The van der Waals surface area contributed by atoms with Gasteiger partial charge in [-0.1, -0.05) is 30.0 Å². The average molecular weight is 387 g/mol. The maximum absolute atomic E-state index is 12.3. The molecule has 2 heterocycles. The first-order valence-electron chi connectivity index (χ1n) is 8.17. The van der Waals surface area contributed by atoms with E-state index < -0.39 is 5.97 Å². The Balaban J connectivity index is 1.73. The number of nitrogens with zero attached hydrogens (tertiary/aromatic N) is 3. The molecule has 2 N–H and O–H groups in total. The number of aromatic nitrogens is 4. The summed E-state index contributed by atoms with van der Waals surface area (Å²) in [5, 5.41) is 7.32. The molecule has 10 heteroatoms. The van der Waals surface area contributed by atoms with Crippen LogP contribution < -0.4 is 10.9 Å². The number of fused-ring (bicyclic) bond motifs is 1. The predicted octanol–water partition coefficient (Wildman–Crippen LogP) is 0.880. The normalized spacial score (nSPS) is 10.7. The van der Waals surface area contributed by atoms with Gasteiger partial charge in [0, 0.05) is 0 Å². The second-order valence-corrected chi connectivity index (χ2v) is 6.33. The minimum atomic E-state index is -0.504. The molecule has 0 saturated carbocycles. The van der Waals surface area contributed by atoms with Gasteiger partial charge in [0.25, 0.3) is 5.56 Å². The van der Waals surface area contributed by atoms with E-state index in [9.17, 15) is 14.4 Å². The summed E-state index contributed by atoms with van der Waals surface area (Å²) in [5.41, 5.74) is 0.838. The number of hydrogen-bond donors (Lipinski definition) is 2. The van der Waals surface area contributed by atoms with Gasteiger partial charge in [0.2, 0.25) is 5.91 Å². The Hall–Kier alpha value is -3.14. The van der Waals surface area contributed by atoms with Crippen LogP contribution in [0.1, 0.15) is 6.92 Å². The molecular weight excluding hydrogens is 370 g/mol. The number of esters is 1. The van der Waals surface area contributed by atoms with Gasteiger partial charge in [-0.05, 0) is 19.1 Å². The summed E-state index contributed by atoms with van der Waals surface area (Å²) in [6.45, 7) is 1.74. The van der Waals surface area contributed by atoms with Gasteiger partial charge in [-0.3, -0.25) is 14.4 Å². The van der Waals surface area contributed by atoms with Crippen molar-refractivity contribution in [3.8, 4) is 5.69 Å². The molecule has 0 aliphatic heterocycles. The van der Waals surface area contributed by atoms with Crippen molar-refractivity contribution in [2.75, 3.05) is 18.9 Å². The van der Waals surface area contributed by atoms with Crippen LogP contribution in [0.4, 0.5) is 0 Å². The first-order chi connectivity index (χ1) is 13.1. The van der Waals surface area contributed by atoms with Crippen LogP contribution in [0.25, 0.3) is 16.7 Å². The van der Waals surface area contributed by atoms with Crippen LogP contribution in [0.3, 0.4) is 0 Å². The fourth-order valence-electron chi connectivity index (χ4n) is 2.29. The molecule has 1 aromatic carbocycles. The topological polar surface area (TPSA) is 119 Å². The second kappa shape index (κ2) is 8.49. The number of nitrogens with one attached hydrogen (secondary N) is 2. The average Bonchev–Trinajstić information content (AvgIpc) is 3.10. The first kappa shape index (κ1) is 18.6. The van der Waals surface area contributed by atoms with Crippen molar-refractivity contribution in [1.29, 1.82) is 0 Å². The van der Waals surface area contributed by atoms with Crippen LogP contribution in [0.2, 0.25) is 0 Å². The van der Waals surface area contributed by atoms with E-state index in [-0.39, 0.29) is 35.5 Å². The maximum Gasteiger partial charge on any atom is 0.325 e. The number of hydrogen-bond acceptors (Lipinski definition) is 7. The fraction of sp³-hybridized carbons (Fsp3) is 0.235. The summed E-state index contributed by atoms with van der Waals surface area (Å²) in [5.74, 6) is -0.879. The van der Waals surface area contributed by atoms with E-state index in [0.717, 1.165) is 17.4 Å². The Bertz CT molecular complexity index is 1020. The highest BCUT2D eigenvalue weighted by molar-refractivity contribution is 7.99. The minimum absolute atomic E-state index is 0.00662. The Morgan fingerprint density at radius 2 is 2.07 bits per heavy atom. The zero-order valence-corrected chi connectivity index (χ0v) is 15.3. The van der Waals surface area contributed by atoms with Gasteiger partial charge in [-0.15, -0.1) is 0 Å². The third kappa shape index (κ3) is 4.53. The SMILES string of the molecule is CCOC(=O)CNC(=O)CSc1nc2c(cnn2-c2ccccc2)c(=O)[nH]1. The molecule has 0 fully saturated rings. The lowest BCUT2D eigenvalue weighted by Gasteiger charge is -2.05. The summed E-state index contributed by atoms with van der Waals surface area (Å²) >= 11 is 1.06. The standard InChI is InChI=1S/C17H17N5O4S/c1-2-26-14(24)9-18-13(23)10-27-17-20-15-12(16(25)21-17)8-19-22(15)11-6-4-3-5-7-11/h3-8H,2,9-10H2,1H3,(H,18,23)(H,20,21,25). The Labute approximate surface area is 158 Å². The molecule has 0 bridgehead atoms. The van der Waals surface area contributed by atoms with Crippen LogP contribution in [0.15, 0.2) is 46.5 Å². The molecule has 3 aromatic rings. The fourth-order valence-corrected chi connectivity index (χ4v) is 2.98. The molecule has 0 aliphatic carbocycles. The zero-order valence-electron chi connectivity index (χ0n) is 14.5. The van der Waals surface area contributed by atoms with E-state index in [1.807, 2.05) is 30.3 Å². The van der Waals surface area contributed by atoms with Crippen LogP contribution in [0, 0.1) is 0 Å². The molecule has 0 atom stereocenters. The van der Waals surface area contributed by atoms with Crippen molar-refractivity contribution < 1.29 is 14.3 Å². The molecule has 27 heavy (non-hydrogen) atoms. The quantitative estimate of drug-likeness (QED) is 0.351. The van der Waals surface area contributed by atoms with Crippen molar-refractivity contribution in [3.63, 3.8) is 0 Å². The molecule has 3 rings (SSSR count). The molecule has 0 radical (unpaired) electrons. The van der Waals surface area contributed by atoms with Gasteiger partial charge in [0.15, 0.2) is 10.8 Å². The lowest BCUT2D eigenvalue weighted by molar-refractivity contribution is -0.143. The van der Waals surface area contributed by atoms with E-state index in [4.69, 9.17) is 4.74 Å². The highest BCUT2D eigenvalue weighted by atomic mass is 32.2. The molecule has 0 spiro atoms. The number of carbonyl (C=O) groups is 2. The molecule has 0 saturated heterocycles. The molecule has 9 nitrogen and oxygen atoms in total. The predicted molar refractivity (Wildman–Crippen MR) is 99.9 cm³/mol. The third-order valence-electron chi connectivity index (χ3n) is 3.49. The summed E-state index contributed by atoms with van der Waals surface area (Å²) in [6.07, 6.45) is 1.45. The Kier molecular flexibility index (Phi) is 5.87. The number of carbonyl (C=O) groups excluding carboxylic acids is 2. The van der Waals surface area contributed by atoms with Crippen LogP contribution in [0.5, 0.6) is 0 Å². The van der Waals surface area contributed by atoms with Crippen LogP contribution in [-0.4, -0.2) is 50.5 Å². The van der Waals surface area contributed by atoms with Gasteiger partial charge < -0.3 is 15.0 Å². The van der Waals surface area contributed by atoms with E-state index in [0.29, 0.717) is 11.0 Å². The lowest BCUT2D eigenvalue weighted by atomic mass is 10.3. The number of H-pyrrole nitrogens is 1. The van der Waals surface area contributed by atoms with Crippen molar-refractivity contribution >= 4 is 34.7 Å². The molecule has 0 unspecified atom stereocenters. The second-order valence-electron chi connectivity index (χ2n) is 5.37. The number of benzene rings is 1. The van der Waals surface area contributed by atoms with Crippen LogP contribution >= 0.6 is 11.8 Å². The highest BCUT2D eigenvalue weighted by Gasteiger charge is 2.13. The maximum atomic E-state index is 12.3. The van der Waals surface area contributed by atoms with Crippen molar-refractivity contribution in [1.82, 2.24) is 25.1 Å². The zero-order chi connectivity index (χ0) is 19.2. The van der Waals surface area contributed by atoms with E-state index in [1.54, 1.807) is 11.6 Å². The lowest BCUT2D eigenvalue weighted by Crippen LogP contribution is -2.31. The van der Waals surface area contributed by atoms with E-state index in [1.165, 1.54) is 6.20 Å². The summed E-state index contributed by atoms with van der Waals surface area (Å²) < 4.78 is 6.30. The van der Waals surface area contributed by atoms with Gasteiger partial charge >= 0.3 is 5.97 Å². The summed E-state index contributed by atoms with van der Waals surface area (Å²) in [7, 11) is 0. The van der Waals surface area contributed by atoms with Gasteiger partial charge in [0.1, 0.15) is 11.9 Å². The van der Waals surface area contributed by atoms with Crippen molar-refractivity contribution in [2.24, 2.45) is 0 Å². The molecule has 1 amide bonds. The molecule has 2 aromatic heterocycles. The van der Waals surface area contributed by atoms with Crippen molar-refractivity contribution in [3.05, 3.63) is 46.9 Å². The highest BCUT2D eigenvalue weighted by Crippen LogP contribution is 2.17. The number of amides is 1. The summed E-state index contributed by atoms with van der Waals surface area (Å²) in [6, 6.07) is 9.31. The molecular formula is C17H17N5O4S. The molecule has 140 valence electrons. The molecule has 0 aliphatic rings. The Morgan fingerprint density at radius 1 is 1.30 bits per heavy atom. The largest absolute Gasteiger partial charge is 0.465 e. The minimum Gasteiger partial charge on any atom is -0.465 e. The Morgan fingerprint density at radius 3 is 2.81 bits per heavy atom. The smallest absolute Gasteiger partial charge is 0.325 e. The number of ether oxygens (including phenoxy) is 1. The number of thioether (sulfide) groups is 1. The monoisotopic (exact) mass is 387 g/mol. The number of rotatable bonds is 7. The van der Waals surface area contributed by atoms with E-state index in [2.05, 4.69) is 20.4 Å². The number of aromatic amines is 1. The van der Waals surface area contributed by atoms with Gasteiger partial charge in [-0.25, -0.2) is 9.67 Å². The van der Waals surface area contributed by atoms with E-state index >= 15 is 0 Å². The first-order valence-corrected chi connectivity index (χ1v) is 9.15. The van der Waals surface area contributed by atoms with Gasteiger partial charge in [-0.2, -0.15) is 5.10 Å².